The molecule has 0 spiro atoms. The SMILES string of the molecule is CCC(NCC(=O)O)C(O)c1ccc(F)c(F)c1. The second-order valence-corrected chi connectivity index (χ2v) is 3.91. The Balaban J connectivity index is 2.78. The van der Waals surface area contributed by atoms with Crippen LogP contribution < -0.4 is 5.32 Å². The molecular weight excluding hydrogens is 244 g/mol. The predicted molar refractivity (Wildman–Crippen MR) is 61.0 cm³/mol. The maximum atomic E-state index is 13.0. The number of carboxylic acids is 1. The monoisotopic (exact) mass is 259 g/mol. The topological polar surface area (TPSA) is 69.6 Å². The molecule has 0 fully saturated rings. The van der Waals surface area contributed by atoms with Gasteiger partial charge in [0.2, 0.25) is 0 Å². The first-order valence-corrected chi connectivity index (χ1v) is 5.54. The van der Waals surface area contributed by atoms with Crippen molar-refractivity contribution in [3.63, 3.8) is 0 Å². The summed E-state index contributed by atoms with van der Waals surface area (Å²) in [7, 11) is 0. The Morgan fingerprint density at radius 3 is 2.56 bits per heavy atom. The number of carboxylic acid groups (broad SMARTS) is 1. The van der Waals surface area contributed by atoms with Gasteiger partial charge in [-0.05, 0) is 24.1 Å². The number of benzene rings is 1. The Morgan fingerprint density at radius 2 is 2.06 bits per heavy atom. The Morgan fingerprint density at radius 1 is 1.39 bits per heavy atom. The minimum atomic E-state index is -1.09. The molecule has 3 N–H and O–H groups in total. The molecule has 0 aliphatic rings. The number of hydrogen-bond donors (Lipinski definition) is 3. The van der Waals surface area contributed by atoms with Gasteiger partial charge in [0.15, 0.2) is 11.6 Å². The smallest absolute Gasteiger partial charge is 0.317 e. The van der Waals surface area contributed by atoms with E-state index in [0.29, 0.717) is 6.42 Å². The standard InChI is InChI=1S/C12H15F2NO3/c1-2-10(15-6-11(16)17)12(18)7-3-4-8(13)9(14)5-7/h3-5,10,12,15,18H,2,6H2,1H3,(H,16,17). The molecule has 0 amide bonds. The number of aliphatic hydroxyl groups excluding tert-OH is 1. The number of aliphatic hydroxyl groups is 1. The van der Waals surface area contributed by atoms with Crippen molar-refractivity contribution < 1.29 is 23.8 Å². The van der Waals surface area contributed by atoms with Gasteiger partial charge in [0.1, 0.15) is 0 Å². The maximum Gasteiger partial charge on any atom is 0.317 e. The molecule has 0 aliphatic heterocycles. The first-order valence-electron chi connectivity index (χ1n) is 5.54. The molecule has 18 heavy (non-hydrogen) atoms. The third-order valence-corrected chi connectivity index (χ3v) is 2.62. The van der Waals surface area contributed by atoms with Crippen LogP contribution in [-0.2, 0) is 4.79 Å². The van der Waals surface area contributed by atoms with Crippen molar-refractivity contribution in [1.82, 2.24) is 5.32 Å². The van der Waals surface area contributed by atoms with Crippen molar-refractivity contribution in [3.8, 4) is 0 Å². The zero-order valence-corrected chi connectivity index (χ0v) is 9.86. The summed E-state index contributed by atoms with van der Waals surface area (Å²) in [4.78, 5) is 10.4. The van der Waals surface area contributed by atoms with Gasteiger partial charge >= 0.3 is 5.97 Å². The van der Waals surface area contributed by atoms with Gasteiger partial charge in [0.05, 0.1) is 12.6 Å². The zero-order valence-electron chi connectivity index (χ0n) is 9.86. The Hall–Kier alpha value is -1.53. The van der Waals surface area contributed by atoms with Crippen molar-refractivity contribution >= 4 is 5.97 Å². The number of carbonyl (C=O) groups is 1. The molecule has 1 rings (SSSR count). The lowest BCUT2D eigenvalue weighted by molar-refractivity contribution is -0.136. The molecule has 6 heteroatoms. The fourth-order valence-corrected chi connectivity index (χ4v) is 1.63. The zero-order chi connectivity index (χ0) is 13.7. The molecule has 2 unspecified atom stereocenters. The van der Waals surface area contributed by atoms with Crippen LogP contribution in [-0.4, -0.2) is 28.8 Å². The predicted octanol–water partition coefficient (Wildman–Crippen LogP) is 1.45. The Labute approximate surface area is 103 Å². The average Bonchev–Trinajstić information content (AvgIpc) is 2.32. The number of rotatable bonds is 6. The lowest BCUT2D eigenvalue weighted by atomic mass is 10.00. The van der Waals surface area contributed by atoms with Gasteiger partial charge in [-0.1, -0.05) is 13.0 Å². The third kappa shape index (κ3) is 3.75. The largest absolute Gasteiger partial charge is 0.480 e. The molecule has 0 saturated heterocycles. The van der Waals surface area contributed by atoms with Gasteiger partial charge in [0.25, 0.3) is 0 Å². The minimum absolute atomic E-state index is 0.207. The number of nitrogens with one attached hydrogen (secondary N) is 1. The number of hydrogen-bond acceptors (Lipinski definition) is 3. The third-order valence-electron chi connectivity index (χ3n) is 2.62. The first kappa shape index (κ1) is 14.5. The first-order chi connectivity index (χ1) is 8.45. The molecule has 4 nitrogen and oxygen atoms in total. The molecule has 0 bridgehead atoms. The highest BCUT2D eigenvalue weighted by atomic mass is 19.2. The number of halogens is 2. The van der Waals surface area contributed by atoms with Crippen LogP contribution in [0.3, 0.4) is 0 Å². The molecule has 1 aromatic rings. The normalized spacial score (nSPS) is 14.2. The van der Waals surface area contributed by atoms with Crippen LogP contribution in [0, 0.1) is 11.6 Å². The van der Waals surface area contributed by atoms with Gasteiger partial charge in [0, 0.05) is 6.04 Å². The van der Waals surface area contributed by atoms with E-state index in [9.17, 15) is 18.7 Å². The van der Waals surface area contributed by atoms with Crippen LogP contribution in [0.5, 0.6) is 0 Å². The van der Waals surface area contributed by atoms with Gasteiger partial charge < -0.3 is 15.5 Å². The van der Waals surface area contributed by atoms with Crippen LogP contribution in [0.1, 0.15) is 25.0 Å². The summed E-state index contributed by atoms with van der Waals surface area (Å²) < 4.78 is 25.8. The number of aliphatic carboxylic acids is 1. The maximum absolute atomic E-state index is 13.0. The highest BCUT2D eigenvalue weighted by Gasteiger charge is 2.20. The van der Waals surface area contributed by atoms with Gasteiger partial charge in [-0.15, -0.1) is 0 Å². The summed E-state index contributed by atoms with van der Waals surface area (Å²) in [5.74, 6) is -3.08. The van der Waals surface area contributed by atoms with E-state index in [-0.39, 0.29) is 12.1 Å². The lowest BCUT2D eigenvalue weighted by Gasteiger charge is -2.22. The van der Waals surface area contributed by atoms with Crippen LogP contribution >= 0.6 is 0 Å². The highest BCUT2D eigenvalue weighted by Crippen LogP contribution is 2.20. The molecular formula is C12H15F2NO3. The van der Waals surface area contributed by atoms with E-state index in [1.807, 2.05) is 0 Å². The highest BCUT2D eigenvalue weighted by molar-refractivity contribution is 5.69. The van der Waals surface area contributed by atoms with E-state index in [1.54, 1.807) is 6.92 Å². The fourth-order valence-electron chi connectivity index (χ4n) is 1.63. The fraction of sp³-hybridized carbons (Fsp3) is 0.417. The summed E-state index contributed by atoms with van der Waals surface area (Å²) in [5, 5.41) is 21.1. The summed E-state index contributed by atoms with van der Waals surface area (Å²) in [6.07, 6.45) is -0.641. The van der Waals surface area contributed by atoms with Crippen molar-refractivity contribution in [1.29, 1.82) is 0 Å². The van der Waals surface area contributed by atoms with Gasteiger partial charge in [-0.3, -0.25) is 4.79 Å². The van der Waals surface area contributed by atoms with Crippen molar-refractivity contribution in [2.24, 2.45) is 0 Å². The van der Waals surface area contributed by atoms with Crippen LogP contribution in [0.15, 0.2) is 18.2 Å². The van der Waals surface area contributed by atoms with E-state index in [0.717, 1.165) is 12.1 Å². The molecule has 0 aliphatic carbocycles. The van der Waals surface area contributed by atoms with Gasteiger partial charge in [-0.25, -0.2) is 8.78 Å². The second kappa shape index (κ2) is 6.42. The molecule has 0 radical (unpaired) electrons. The molecule has 1 aromatic carbocycles. The average molecular weight is 259 g/mol. The molecule has 100 valence electrons. The molecule has 2 atom stereocenters. The van der Waals surface area contributed by atoms with E-state index in [2.05, 4.69) is 5.32 Å². The molecule has 0 aromatic heterocycles. The van der Waals surface area contributed by atoms with Crippen LogP contribution in [0.25, 0.3) is 0 Å². The van der Waals surface area contributed by atoms with E-state index in [4.69, 9.17) is 5.11 Å². The summed E-state index contributed by atoms with van der Waals surface area (Å²) in [6.45, 7) is 1.45. The molecule has 0 heterocycles. The van der Waals surface area contributed by atoms with Crippen LogP contribution in [0.4, 0.5) is 8.78 Å². The molecule has 0 saturated carbocycles. The Kier molecular flexibility index (Phi) is 5.18. The van der Waals surface area contributed by atoms with Crippen LogP contribution in [0.2, 0.25) is 0 Å². The summed E-state index contributed by atoms with van der Waals surface area (Å²) in [6, 6.07) is 2.57. The van der Waals surface area contributed by atoms with E-state index < -0.39 is 29.7 Å². The van der Waals surface area contributed by atoms with Crippen molar-refractivity contribution in [3.05, 3.63) is 35.4 Å². The van der Waals surface area contributed by atoms with E-state index in [1.165, 1.54) is 6.07 Å². The quantitative estimate of drug-likeness (QED) is 0.723. The minimum Gasteiger partial charge on any atom is -0.480 e. The van der Waals surface area contributed by atoms with Gasteiger partial charge in [-0.2, -0.15) is 0 Å². The van der Waals surface area contributed by atoms with Crippen molar-refractivity contribution in [2.45, 2.75) is 25.5 Å². The van der Waals surface area contributed by atoms with Crippen molar-refractivity contribution in [2.75, 3.05) is 6.54 Å². The summed E-state index contributed by atoms with van der Waals surface area (Å²) >= 11 is 0. The van der Waals surface area contributed by atoms with E-state index >= 15 is 0 Å². The second-order valence-electron chi connectivity index (χ2n) is 3.91. The summed E-state index contributed by atoms with van der Waals surface area (Å²) in [5.41, 5.74) is 0.207. The lowest BCUT2D eigenvalue weighted by Crippen LogP contribution is -2.37. The Bertz CT molecular complexity index is 426.